The molecule has 2 heterocycles. The minimum Gasteiger partial charge on any atom is -0.395 e. The summed E-state index contributed by atoms with van der Waals surface area (Å²) in [4.78, 5) is 24.5. The first-order valence-electron chi connectivity index (χ1n) is 4.87. The molecule has 3 atom stereocenters. The van der Waals surface area contributed by atoms with E-state index in [9.17, 15) is 14.7 Å². The zero-order valence-corrected chi connectivity index (χ0v) is 9.18. The Kier molecular flexibility index (Phi) is 3.17. The van der Waals surface area contributed by atoms with Crippen LogP contribution in [-0.2, 0) is 0 Å². The average Bonchev–Trinajstić information content (AvgIpc) is 2.59. The van der Waals surface area contributed by atoms with Gasteiger partial charge in [-0.2, -0.15) is 0 Å². The van der Waals surface area contributed by atoms with Crippen LogP contribution in [0.2, 0.25) is 0 Å². The lowest BCUT2D eigenvalue weighted by Crippen LogP contribution is -2.30. The van der Waals surface area contributed by atoms with Gasteiger partial charge in [0.1, 0.15) is 0 Å². The van der Waals surface area contributed by atoms with Crippen LogP contribution >= 0.6 is 11.8 Å². The van der Waals surface area contributed by atoms with Gasteiger partial charge in [-0.25, -0.2) is 4.79 Å². The lowest BCUT2D eigenvalue weighted by atomic mass is 10.2. The summed E-state index contributed by atoms with van der Waals surface area (Å²) in [6.07, 6.45) is 1.17. The Labute approximate surface area is 94.9 Å². The summed E-state index contributed by atoms with van der Waals surface area (Å²) in [6, 6.07) is 1.26. The zero-order valence-electron chi connectivity index (χ0n) is 8.37. The monoisotopic (exact) mass is 244 g/mol. The smallest absolute Gasteiger partial charge is 0.329 e. The fourth-order valence-corrected chi connectivity index (χ4v) is 3.09. The molecule has 6 nitrogen and oxygen atoms in total. The first-order chi connectivity index (χ1) is 7.61. The third-order valence-electron chi connectivity index (χ3n) is 2.55. The van der Waals surface area contributed by atoms with Crippen LogP contribution in [0, 0.1) is 0 Å². The lowest BCUT2D eigenvalue weighted by Gasteiger charge is -2.11. The number of hydrogen-bond acceptors (Lipinski definition) is 5. The Bertz CT molecular complexity index is 483. The second-order valence-electron chi connectivity index (χ2n) is 3.63. The molecule has 0 bridgehead atoms. The number of aliphatic hydroxyl groups is 2. The molecular weight excluding hydrogens is 232 g/mol. The topological polar surface area (TPSA) is 95.3 Å². The Morgan fingerprint density at radius 1 is 1.56 bits per heavy atom. The van der Waals surface area contributed by atoms with Gasteiger partial charge in [-0.3, -0.25) is 14.3 Å². The number of aromatic amines is 1. The molecule has 1 aromatic heterocycles. The van der Waals surface area contributed by atoms with Crippen molar-refractivity contribution in [2.24, 2.45) is 0 Å². The van der Waals surface area contributed by atoms with Crippen molar-refractivity contribution in [3.63, 3.8) is 0 Å². The second-order valence-corrected chi connectivity index (χ2v) is 5.05. The van der Waals surface area contributed by atoms with Gasteiger partial charge in [-0.05, 0) is 0 Å². The maximum atomic E-state index is 11.5. The van der Waals surface area contributed by atoms with E-state index < -0.39 is 17.4 Å². The van der Waals surface area contributed by atoms with Crippen molar-refractivity contribution in [3.8, 4) is 0 Å². The number of rotatable bonds is 2. The predicted octanol–water partition coefficient (Wildman–Crippen LogP) is -1.11. The molecule has 0 aliphatic carbocycles. The largest absolute Gasteiger partial charge is 0.395 e. The molecule has 2 rings (SSSR count). The van der Waals surface area contributed by atoms with E-state index in [0.29, 0.717) is 6.42 Å². The molecule has 1 aliphatic rings. The summed E-state index contributed by atoms with van der Waals surface area (Å²) in [5.41, 5.74) is -0.931. The highest BCUT2D eigenvalue weighted by Gasteiger charge is 2.34. The minimum atomic E-state index is -0.626. The molecule has 16 heavy (non-hydrogen) atoms. The van der Waals surface area contributed by atoms with E-state index in [2.05, 4.69) is 4.98 Å². The molecule has 1 fully saturated rings. The van der Waals surface area contributed by atoms with Gasteiger partial charge in [0.05, 0.1) is 23.3 Å². The zero-order chi connectivity index (χ0) is 11.7. The Balaban J connectivity index is 2.27. The van der Waals surface area contributed by atoms with Crippen LogP contribution in [0.15, 0.2) is 21.9 Å². The average molecular weight is 244 g/mol. The summed E-state index contributed by atoms with van der Waals surface area (Å²) < 4.78 is 1.37. The van der Waals surface area contributed by atoms with Crippen LogP contribution in [-0.4, -0.2) is 37.7 Å². The molecule has 3 N–H and O–H groups in total. The quantitative estimate of drug-likeness (QED) is 0.613. The molecule has 0 unspecified atom stereocenters. The maximum absolute atomic E-state index is 11.5. The van der Waals surface area contributed by atoms with E-state index >= 15 is 0 Å². The summed E-state index contributed by atoms with van der Waals surface area (Å²) >= 11 is 1.33. The van der Waals surface area contributed by atoms with Gasteiger partial charge in [0.15, 0.2) is 0 Å². The van der Waals surface area contributed by atoms with Crippen molar-refractivity contribution in [1.29, 1.82) is 0 Å². The van der Waals surface area contributed by atoms with Gasteiger partial charge >= 0.3 is 5.69 Å². The number of nitrogens with one attached hydrogen (secondary N) is 1. The van der Waals surface area contributed by atoms with E-state index in [1.807, 2.05) is 0 Å². The summed E-state index contributed by atoms with van der Waals surface area (Å²) in [7, 11) is 0. The van der Waals surface area contributed by atoms with Crippen LogP contribution in [0.1, 0.15) is 11.8 Å². The highest BCUT2D eigenvalue weighted by Crippen LogP contribution is 2.40. The lowest BCUT2D eigenvalue weighted by molar-refractivity contribution is 0.137. The van der Waals surface area contributed by atoms with Crippen LogP contribution in [0.25, 0.3) is 0 Å². The van der Waals surface area contributed by atoms with Crippen molar-refractivity contribution < 1.29 is 10.2 Å². The molecule has 7 heteroatoms. The van der Waals surface area contributed by atoms with Crippen molar-refractivity contribution in [2.45, 2.75) is 23.1 Å². The van der Waals surface area contributed by atoms with Crippen molar-refractivity contribution in [2.75, 3.05) is 6.61 Å². The van der Waals surface area contributed by atoms with Gasteiger partial charge in [0.2, 0.25) is 0 Å². The molecule has 0 aromatic carbocycles. The molecule has 0 radical (unpaired) electrons. The van der Waals surface area contributed by atoms with E-state index in [-0.39, 0.29) is 17.2 Å². The summed E-state index contributed by atoms with van der Waals surface area (Å²) in [5, 5.41) is 18.1. The first-order valence-corrected chi connectivity index (χ1v) is 5.82. The fourth-order valence-electron chi connectivity index (χ4n) is 1.70. The number of aliphatic hydroxyl groups excluding tert-OH is 2. The van der Waals surface area contributed by atoms with Crippen LogP contribution in [0.4, 0.5) is 0 Å². The third-order valence-corrected chi connectivity index (χ3v) is 4.09. The molecule has 0 spiro atoms. The first kappa shape index (κ1) is 11.4. The molecule has 1 aliphatic heterocycles. The third kappa shape index (κ3) is 2.06. The van der Waals surface area contributed by atoms with Gasteiger partial charge in [0, 0.05) is 18.7 Å². The van der Waals surface area contributed by atoms with Crippen LogP contribution in [0.5, 0.6) is 0 Å². The van der Waals surface area contributed by atoms with Crippen molar-refractivity contribution >= 4 is 11.8 Å². The van der Waals surface area contributed by atoms with E-state index in [0.717, 1.165) is 0 Å². The molecule has 88 valence electrons. The molecule has 0 amide bonds. The number of H-pyrrole nitrogens is 1. The molecule has 1 saturated heterocycles. The normalized spacial score (nSPS) is 29.5. The maximum Gasteiger partial charge on any atom is 0.329 e. The van der Waals surface area contributed by atoms with E-state index in [4.69, 9.17) is 5.11 Å². The Morgan fingerprint density at radius 2 is 2.31 bits per heavy atom. The highest BCUT2D eigenvalue weighted by atomic mass is 32.2. The standard InChI is InChI=1S/C9H12N2O4S/c12-4-6-5(13)3-8(16-6)11-2-1-7(14)10-9(11)15/h1-2,5-6,8,12-13H,3-4H2,(H,10,14,15)/t5-,6+,8-/m1/s1. The van der Waals surface area contributed by atoms with Crippen molar-refractivity contribution in [1.82, 2.24) is 9.55 Å². The van der Waals surface area contributed by atoms with Gasteiger partial charge < -0.3 is 10.2 Å². The number of aromatic nitrogens is 2. The van der Waals surface area contributed by atoms with E-state index in [1.165, 1.54) is 28.6 Å². The fraction of sp³-hybridized carbons (Fsp3) is 0.556. The second kappa shape index (κ2) is 4.44. The van der Waals surface area contributed by atoms with E-state index in [1.54, 1.807) is 0 Å². The summed E-state index contributed by atoms with van der Waals surface area (Å²) in [5.74, 6) is 0. The number of thioether (sulfide) groups is 1. The highest BCUT2D eigenvalue weighted by molar-refractivity contribution is 8.00. The van der Waals surface area contributed by atoms with Crippen molar-refractivity contribution in [3.05, 3.63) is 33.1 Å². The Morgan fingerprint density at radius 3 is 2.88 bits per heavy atom. The molecule has 1 aromatic rings. The Hall–Kier alpha value is -1.05. The number of nitrogens with zero attached hydrogens (tertiary/aromatic N) is 1. The van der Waals surface area contributed by atoms with Crippen LogP contribution < -0.4 is 11.2 Å². The van der Waals surface area contributed by atoms with Crippen LogP contribution in [0.3, 0.4) is 0 Å². The molecular formula is C9H12N2O4S. The van der Waals surface area contributed by atoms with Gasteiger partial charge in [-0.1, -0.05) is 0 Å². The van der Waals surface area contributed by atoms with Gasteiger partial charge in [-0.15, -0.1) is 11.8 Å². The summed E-state index contributed by atoms with van der Waals surface area (Å²) in [6.45, 7) is -0.125. The number of hydrogen-bond donors (Lipinski definition) is 3. The van der Waals surface area contributed by atoms with Gasteiger partial charge in [0.25, 0.3) is 5.56 Å². The minimum absolute atomic E-state index is 0.125. The SMILES string of the molecule is O=c1ccn([C@H]2C[C@@H](O)[C@H](CO)S2)c(=O)[nH]1. The predicted molar refractivity (Wildman–Crippen MR) is 59.4 cm³/mol. The molecule has 0 saturated carbocycles.